The maximum absolute atomic E-state index is 11.5. The summed E-state index contributed by atoms with van der Waals surface area (Å²) >= 11 is 0. The van der Waals surface area contributed by atoms with Crippen molar-refractivity contribution in [2.24, 2.45) is 0 Å². The fraction of sp³-hybridized carbons (Fsp3) is 0.800. The minimum atomic E-state index is -4.72. The first-order valence-corrected chi connectivity index (χ1v) is 3.26. The van der Waals surface area contributed by atoms with Gasteiger partial charge in [-0.05, 0) is 6.42 Å². The molecule has 0 N–H and O–H groups in total. The normalized spacial score (nSPS) is 10.3. The molecule has 0 unspecified atom stereocenters. The minimum Gasteiger partial charge on any atom is -0.466 e. The van der Waals surface area contributed by atoms with Gasteiger partial charge in [0, 0.05) is 6.92 Å². The average Bonchev–Trinajstić information content (AvgIpc) is 1.78. The van der Waals surface area contributed by atoms with Crippen molar-refractivity contribution in [3.05, 3.63) is 0 Å². The third-order valence-electron chi connectivity index (χ3n) is 0.981. The van der Waals surface area contributed by atoms with E-state index in [4.69, 9.17) is 0 Å². The third-order valence-corrected chi connectivity index (χ3v) is 0.981. The zero-order valence-electron chi connectivity index (χ0n) is 7.15. The van der Waals surface area contributed by atoms with E-state index in [-0.39, 0.29) is 64.4 Å². The van der Waals surface area contributed by atoms with Crippen LogP contribution in [0, 0.1) is 0 Å². The molecule has 0 amide bonds. The van der Waals surface area contributed by atoms with Crippen LogP contribution in [-0.4, -0.2) is 19.6 Å². The van der Waals surface area contributed by atoms with Crippen LogP contribution < -0.4 is 51.4 Å². The van der Waals surface area contributed by atoms with E-state index in [0.717, 1.165) is 0 Å². The van der Waals surface area contributed by atoms with Gasteiger partial charge in [0.15, 0.2) is 0 Å². The van der Waals surface area contributed by atoms with Crippen LogP contribution >= 0.6 is 0 Å². The summed E-state index contributed by atoms with van der Waals surface area (Å²) in [5.74, 6) is -0.542. The molecule has 12 heavy (non-hydrogen) atoms. The van der Waals surface area contributed by atoms with Gasteiger partial charge < -0.3 is 17.7 Å². The molecule has 0 aromatic carbocycles. The van der Waals surface area contributed by atoms with Gasteiger partial charge in [0.05, 0.1) is 6.61 Å². The molecular weight excluding hydrogens is 199 g/mol. The van der Waals surface area contributed by atoms with Crippen molar-refractivity contribution in [2.45, 2.75) is 19.7 Å². The van der Waals surface area contributed by atoms with E-state index < -0.39 is 19.3 Å². The SMILES string of the molecule is CC(=O)OCCC[B-](F)(F)F.[K+]. The van der Waals surface area contributed by atoms with Crippen LogP contribution in [0.15, 0.2) is 0 Å². The Balaban J connectivity index is 0. The van der Waals surface area contributed by atoms with E-state index in [9.17, 15) is 17.7 Å². The van der Waals surface area contributed by atoms with Gasteiger partial charge >= 0.3 is 64.3 Å². The van der Waals surface area contributed by atoms with Gasteiger partial charge in [0.1, 0.15) is 0 Å². The fourth-order valence-corrected chi connectivity index (χ4v) is 0.531. The van der Waals surface area contributed by atoms with Gasteiger partial charge in [-0.15, -0.1) is 0 Å². The van der Waals surface area contributed by atoms with Crippen LogP contribution in [0.1, 0.15) is 13.3 Å². The van der Waals surface area contributed by atoms with E-state index >= 15 is 0 Å². The van der Waals surface area contributed by atoms with Crippen LogP contribution in [0.3, 0.4) is 0 Å². The summed E-state index contributed by atoms with van der Waals surface area (Å²) in [6.07, 6.45) is -0.976. The van der Waals surface area contributed by atoms with Crippen LogP contribution in [0.5, 0.6) is 0 Å². The second-order valence-electron chi connectivity index (χ2n) is 2.19. The molecular formula is C5H9BF3KO2. The van der Waals surface area contributed by atoms with Crippen LogP contribution in [0.2, 0.25) is 6.32 Å². The summed E-state index contributed by atoms with van der Waals surface area (Å²) in [5, 5.41) is 0. The molecule has 0 fully saturated rings. The van der Waals surface area contributed by atoms with Crippen molar-refractivity contribution in [3.8, 4) is 0 Å². The number of carbonyl (C=O) groups excluding carboxylic acids is 1. The number of halogens is 3. The number of carbonyl (C=O) groups is 1. The minimum absolute atomic E-state index is 0. The predicted octanol–water partition coefficient (Wildman–Crippen LogP) is -1.21. The maximum Gasteiger partial charge on any atom is 1.00 e. The molecule has 7 heteroatoms. The smallest absolute Gasteiger partial charge is 0.466 e. The molecule has 0 heterocycles. The molecule has 0 aliphatic heterocycles. The average molecular weight is 208 g/mol. The first kappa shape index (κ1) is 15.4. The fourth-order valence-electron chi connectivity index (χ4n) is 0.531. The van der Waals surface area contributed by atoms with E-state index in [0.29, 0.717) is 0 Å². The summed E-state index contributed by atoms with van der Waals surface area (Å²) in [6.45, 7) is -3.70. The topological polar surface area (TPSA) is 26.3 Å². The van der Waals surface area contributed by atoms with Gasteiger partial charge in [-0.25, -0.2) is 0 Å². The second kappa shape index (κ2) is 7.37. The van der Waals surface area contributed by atoms with Crippen LogP contribution in [0.4, 0.5) is 12.9 Å². The Morgan fingerprint density at radius 3 is 2.25 bits per heavy atom. The van der Waals surface area contributed by atoms with E-state index in [1.165, 1.54) is 6.92 Å². The summed E-state index contributed by atoms with van der Waals surface area (Å²) in [7, 11) is 0. The largest absolute Gasteiger partial charge is 1.00 e. The molecule has 0 aliphatic carbocycles. The quantitative estimate of drug-likeness (QED) is 0.329. The Kier molecular flexibility index (Phi) is 9.48. The first-order valence-electron chi connectivity index (χ1n) is 3.26. The molecule has 0 rings (SSSR count). The molecule has 0 radical (unpaired) electrons. The Morgan fingerprint density at radius 2 is 1.92 bits per heavy atom. The summed E-state index contributed by atoms with van der Waals surface area (Å²) < 4.78 is 38.8. The zero-order chi connectivity index (χ0) is 8.91. The van der Waals surface area contributed by atoms with Crippen molar-refractivity contribution in [1.82, 2.24) is 0 Å². The number of rotatable bonds is 4. The van der Waals surface area contributed by atoms with E-state index in [1.807, 2.05) is 0 Å². The number of hydrogen-bond donors (Lipinski definition) is 0. The van der Waals surface area contributed by atoms with Crippen molar-refractivity contribution in [1.29, 1.82) is 0 Å². The van der Waals surface area contributed by atoms with Gasteiger partial charge in [0.2, 0.25) is 0 Å². The second-order valence-corrected chi connectivity index (χ2v) is 2.19. The van der Waals surface area contributed by atoms with Gasteiger partial charge in [0.25, 0.3) is 0 Å². The van der Waals surface area contributed by atoms with Crippen molar-refractivity contribution in [3.63, 3.8) is 0 Å². The Labute approximate surface area is 112 Å². The standard InChI is InChI=1S/C5H9BF3O2.K/c1-5(10)11-4-2-3-6(7,8)9;/h2-4H2,1H3;/q-1;+1. The number of esters is 1. The first-order chi connectivity index (χ1) is 4.92. The van der Waals surface area contributed by atoms with Gasteiger partial charge in [-0.2, -0.15) is 0 Å². The molecule has 0 saturated heterocycles. The molecule has 0 bridgehead atoms. The van der Waals surface area contributed by atoms with Gasteiger partial charge in [-0.3, -0.25) is 4.79 Å². The van der Waals surface area contributed by atoms with Crippen molar-refractivity contribution in [2.75, 3.05) is 6.61 Å². The number of hydrogen-bond acceptors (Lipinski definition) is 2. The Morgan fingerprint density at radius 1 is 1.42 bits per heavy atom. The Hall–Kier alpha value is 0.961. The molecule has 2 nitrogen and oxygen atoms in total. The molecule has 66 valence electrons. The van der Waals surface area contributed by atoms with Crippen molar-refractivity contribution < 1.29 is 73.9 Å². The van der Waals surface area contributed by atoms with Gasteiger partial charge in [-0.1, -0.05) is 6.32 Å². The molecule has 0 aromatic rings. The maximum atomic E-state index is 11.5. The molecule has 0 spiro atoms. The van der Waals surface area contributed by atoms with Crippen LogP contribution in [-0.2, 0) is 9.53 Å². The molecule has 0 aliphatic rings. The number of ether oxygens (including phenoxy) is 1. The predicted molar refractivity (Wildman–Crippen MR) is 35.1 cm³/mol. The van der Waals surface area contributed by atoms with Crippen molar-refractivity contribution >= 4 is 12.9 Å². The van der Waals surface area contributed by atoms with E-state index in [2.05, 4.69) is 4.74 Å². The Bertz CT molecular complexity index is 139. The summed E-state index contributed by atoms with van der Waals surface area (Å²) in [5.41, 5.74) is 0. The summed E-state index contributed by atoms with van der Waals surface area (Å²) in [6, 6.07) is 0. The molecule has 0 atom stereocenters. The monoisotopic (exact) mass is 208 g/mol. The van der Waals surface area contributed by atoms with Crippen LogP contribution in [0.25, 0.3) is 0 Å². The zero-order valence-corrected chi connectivity index (χ0v) is 10.3. The molecule has 0 saturated carbocycles. The van der Waals surface area contributed by atoms with E-state index in [1.54, 1.807) is 0 Å². The molecule has 0 aromatic heterocycles. The summed E-state index contributed by atoms with van der Waals surface area (Å²) in [4.78, 5) is 10.1. The third kappa shape index (κ3) is 13.5.